The molecule has 3 N–H and O–H groups in total. The minimum atomic E-state index is -0.0140. The third-order valence-electron chi connectivity index (χ3n) is 2.88. The van der Waals surface area contributed by atoms with Gasteiger partial charge in [-0.3, -0.25) is 4.79 Å². The average Bonchev–Trinajstić information content (AvgIpc) is 2.22. The fourth-order valence-electron chi connectivity index (χ4n) is 1.33. The van der Waals surface area contributed by atoms with Crippen molar-refractivity contribution in [3.63, 3.8) is 0 Å². The molecule has 1 atom stereocenters. The summed E-state index contributed by atoms with van der Waals surface area (Å²) in [5, 5.41) is 2.87. The number of nitrogens with one attached hydrogen (secondary N) is 1. The van der Waals surface area contributed by atoms with Gasteiger partial charge in [0.05, 0.1) is 11.4 Å². The van der Waals surface area contributed by atoms with Crippen molar-refractivity contribution in [1.82, 2.24) is 0 Å². The first-order chi connectivity index (χ1) is 7.41. The summed E-state index contributed by atoms with van der Waals surface area (Å²) in [5.74, 6) is 0.332. The van der Waals surface area contributed by atoms with Crippen LogP contribution < -0.4 is 11.1 Å². The summed E-state index contributed by atoms with van der Waals surface area (Å²) in [7, 11) is 0. The molecule has 3 nitrogen and oxygen atoms in total. The Morgan fingerprint density at radius 2 is 1.94 bits per heavy atom. The Labute approximate surface area is 97.0 Å². The molecular weight excluding hydrogens is 200 g/mol. The highest BCUT2D eigenvalue weighted by Gasteiger charge is 2.17. The zero-order valence-electron chi connectivity index (χ0n) is 10.4. The Morgan fingerprint density at radius 1 is 1.31 bits per heavy atom. The van der Waals surface area contributed by atoms with E-state index in [1.165, 1.54) is 0 Å². The number of benzene rings is 1. The Morgan fingerprint density at radius 3 is 2.50 bits per heavy atom. The largest absolute Gasteiger partial charge is 0.397 e. The van der Waals surface area contributed by atoms with Gasteiger partial charge >= 0.3 is 0 Å². The van der Waals surface area contributed by atoms with Gasteiger partial charge in [0.15, 0.2) is 0 Å². The summed E-state index contributed by atoms with van der Waals surface area (Å²) < 4.78 is 0. The van der Waals surface area contributed by atoms with Gasteiger partial charge in [-0.15, -0.1) is 0 Å². The number of anilines is 2. The first-order valence-electron chi connectivity index (χ1n) is 5.58. The smallest absolute Gasteiger partial charge is 0.227 e. The van der Waals surface area contributed by atoms with E-state index in [1.54, 1.807) is 0 Å². The number of amides is 1. The molecule has 0 fully saturated rings. The van der Waals surface area contributed by atoms with Gasteiger partial charge in [0.2, 0.25) is 5.91 Å². The van der Waals surface area contributed by atoms with Crippen molar-refractivity contribution in [3.8, 4) is 0 Å². The number of rotatable bonds is 3. The van der Waals surface area contributed by atoms with E-state index in [0.29, 0.717) is 17.3 Å². The van der Waals surface area contributed by atoms with Crippen molar-refractivity contribution in [2.75, 3.05) is 11.1 Å². The van der Waals surface area contributed by atoms with Gasteiger partial charge in [-0.05, 0) is 30.5 Å². The zero-order chi connectivity index (χ0) is 12.3. The first kappa shape index (κ1) is 12.6. The molecule has 0 heterocycles. The topological polar surface area (TPSA) is 55.1 Å². The maximum atomic E-state index is 11.9. The number of aryl methyl sites for hydroxylation is 1. The molecule has 3 heteroatoms. The number of hydrogen-bond acceptors (Lipinski definition) is 2. The SMILES string of the molecule is Cc1ccc(N)c(NC(=O)C(C)C(C)C)c1. The zero-order valence-corrected chi connectivity index (χ0v) is 10.4. The maximum absolute atomic E-state index is 11.9. The van der Waals surface area contributed by atoms with Crippen molar-refractivity contribution in [1.29, 1.82) is 0 Å². The molecule has 1 aromatic carbocycles. The van der Waals surface area contributed by atoms with E-state index >= 15 is 0 Å². The molecule has 0 radical (unpaired) electrons. The van der Waals surface area contributed by atoms with Crippen LogP contribution in [-0.2, 0) is 4.79 Å². The van der Waals surface area contributed by atoms with E-state index in [-0.39, 0.29) is 11.8 Å². The molecule has 0 saturated carbocycles. The van der Waals surface area contributed by atoms with Crippen molar-refractivity contribution in [3.05, 3.63) is 23.8 Å². The molecule has 0 aliphatic carbocycles. The highest BCUT2D eigenvalue weighted by atomic mass is 16.1. The Balaban J connectivity index is 2.80. The molecule has 0 spiro atoms. The van der Waals surface area contributed by atoms with Crippen LogP contribution in [0.3, 0.4) is 0 Å². The van der Waals surface area contributed by atoms with Gasteiger partial charge in [-0.1, -0.05) is 26.8 Å². The number of hydrogen-bond donors (Lipinski definition) is 2. The van der Waals surface area contributed by atoms with E-state index in [0.717, 1.165) is 5.56 Å². The third kappa shape index (κ3) is 2.99. The summed E-state index contributed by atoms with van der Waals surface area (Å²) >= 11 is 0. The minimum absolute atomic E-state index is 0.0140. The number of carbonyl (C=O) groups excluding carboxylic acids is 1. The van der Waals surface area contributed by atoms with Gasteiger partial charge in [-0.2, -0.15) is 0 Å². The molecule has 0 aromatic heterocycles. The number of nitrogen functional groups attached to an aromatic ring is 1. The molecule has 1 unspecified atom stereocenters. The van der Waals surface area contributed by atoms with Gasteiger partial charge in [-0.25, -0.2) is 0 Å². The summed E-state index contributed by atoms with van der Waals surface area (Å²) in [5.41, 5.74) is 8.20. The number of carbonyl (C=O) groups is 1. The van der Waals surface area contributed by atoms with Crippen LogP contribution in [0.5, 0.6) is 0 Å². The van der Waals surface area contributed by atoms with Crippen molar-refractivity contribution >= 4 is 17.3 Å². The Hall–Kier alpha value is -1.51. The monoisotopic (exact) mass is 220 g/mol. The quantitative estimate of drug-likeness (QED) is 0.769. The molecule has 0 saturated heterocycles. The van der Waals surface area contributed by atoms with Crippen molar-refractivity contribution in [2.24, 2.45) is 11.8 Å². The van der Waals surface area contributed by atoms with E-state index in [1.807, 2.05) is 45.9 Å². The Kier molecular flexibility index (Phi) is 3.93. The van der Waals surface area contributed by atoms with Crippen LogP contribution >= 0.6 is 0 Å². The third-order valence-corrected chi connectivity index (χ3v) is 2.88. The second-order valence-corrected chi connectivity index (χ2v) is 4.61. The van der Waals surface area contributed by atoms with E-state index in [4.69, 9.17) is 5.73 Å². The van der Waals surface area contributed by atoms with E-state index in [9.17, 15) is 4.79 Å². The van der Waals surface area contributed by atoms with Crippen LogP contribution in [0.4, 0.5) is 11.4 Å². The normalized spacial score (nSPS) is 12.6. The summed E-state index contributed by atoms with van der Waals surface area (Å²) in [6.07, 6.45) is 0. The predicted molar refractivity (Wildman–Crippen MR) is 68.2 cm³/mol. The van der Waals surface area contributed by atoms with Gasteiger partial charge in [0, 0.05) is 5.92 Å². The van der Waals surface area contributed by atoms with Gasteiger partial charge in [0.25, 0.3) is 0 Å². The maximum Gasteiger partial charge on any atom is 0.227 e. The van der Waals surface area contributed by atoms with Crippen LogP contribution in [0.2, 0.25) is 0 Å². The molecule has 1 rings (SSSR count). The predicted octanol–water partition coefficient (Wildman–Crippen LogP) is 2.81. The lowest BCUT2D eigenvalue weighted by Crippen LogP contribution is -2.24. The Bertz CT molecular complexity index is 386. The van der Waals surface area contributed by atoms with E-state index in [2.05, 4.69) is 5.32 Å². The average molecular weight is 220 g/mol. The minimum Gasteiger partial charge on any atom is -0.397 e. The molecular formula is C13H20N2O. The molecule has 0 aliphatic heterocycles. The fourth-order valence-corrected chi connectivity index (χ4v) is 1.33. The number of nitrogens with two attached hydrogens (primary N) is 1. The van der Waals surface area contributed by atoms with Crippen LogP contribution in [0.25, 0.3) is 0 Å². The molecule has 1 aromatic rings. The van der Waals surface area contributed by atoms with Crippen molar-refractivity contribution < 1.29 is 4.79 Å². The second kappa shape index (κ2) is 5.01. The lowest BCUT2D eigenvalue weighted by molar-refractivity contribution is -0.120. The second-order valence-electron chi connectivity index (χ2n) is 4.61. The summed E-state index contributed by atoms with van der Waals surface area (Å²) in [4.78, 5) is 11.9. The summed E-state index contributed by atoms with van der Waals surface area (Å²) in [6.45, 7) is 7.96. The van der Waals surface area contributed by atoms with Crippen LogP contribution in [0.15, 0.2) is 18.2 Å². The molecule has 0 aliphatic rings. The van der Waals surface area contributed by atoms with Gasteiger partial charge in [0.1, 0.15) is 0 Å². The van der Waals surface area contributed by atoms with Crippen LogP contribution in [-0.4, -0.2) is 5.91 Å². The highest BCUT2D eigenvalue weighted by molar-refractivity contribution is 5.95. The van der Waals surface area contributed by atoms with Crippen LogP contribution in [0, 0.1) is 18.8 Å². The van der Waals surface area contributed by atoms with Gasteiger partial charge < -0.3 is 11.1 Å². The van der Waals surface area contributed by atoms with Crippen molar-refractivity contribution in [2.45, 2.75) is 27.7 Å². The molecule has 16 heavy (non-hydrogen) atoms. The fraction of sp³-hybridized carbons (Fsp3) is 0.462. The molecule has 0 bridgehead atoms. The molecule has 1 amide bonds. The molecule has 88 valence electrons. The first-order valence-corrected chi connectivity index (χ1v) is 5.58. The lowest BCUT2D eigenvalue weighted by atomic mass is 9.97. The summed E-state index contributed by atoms with van der Waals surface area (Å²) in [6, 6.07) is 5.63. The highest BCUT2D eigenvalue weighted by Crippen LogP contribution is 2.21. The lowest BCUT2D eigenvalue weighted by Gasteiger charge is -2.16. The van der Waals surface area contributed by atoms with E-state index < -0.39 is 0 Å². The van der Waals surface area contributed by atoms with Crippen LogP contribution in [0.1, 0.15) is 26.3 Å². The standard InChI is InChI=1S/C13H20N2O/c1-8(2)10(4)13(16)15-12-7-9(3)5-6-11(12)14/h5-8,10H,14H2,1-4H3,(H,15,16).